The number of aryl methyl sites for hydroxylation is 1. The predicted molar refractivity (Wildman–Crippen MR) is 109 cm³/mol. The Labute approximate surface area is 173 Å². The lowest BCUT2D eigenvalue weighted by Gasteiger charge is -2.15. The summed E-state index contributed by atoms with van der Waals surface area (Å²) in [5.74, 6) is -1.64. The third-order valence-corrected chi connectivity index (χ3v) is 4.76. The highest BCUT2D eigenvalue weighted by Crippen LogP contribution is 2.22. The topological polar surface area (TPSA) is 102 Å². The number of benzene rings is 2. The largest absolute Gasteiger partial charge is 0.465 e. The van der Waals surface area contributed by atoms with Gasteiger partial charge in [-0.1, -0.05) is 6.07 Å². The molecule has 1 N–H and O–H groups in total. The van der Waals surface area contributed by atoms with Crippen molar-refractivity contribution < 1.29 is 28.7 Å². The fourth-order valence-electron chi connectivity index (χ4n) is 3.10. The van der Waals surface area contributed by atoms with Gasteiger partial charge in [-0.15, -0.1) is 0 Å². The Kier molecular flexibility index (Phi) is 6.46. The summed E-state index contributed by atoms with van der Waals surface area (Å²) >= 11 is 0. The second-order valence-corrected chi connectivity index (χ2v) is 6.84. The first kappa shape index (κ1) is 21.0. The molecule has 0 radical (unpaired) electrons. The van der Waals surface area contributed by atoms with E-state index in [1.54, 1.807) is 48.2 Å². The van der Waals surface area contributed by atoms with Gasteiger partial charge >= 0.3 is 11.9 Å². The van der Waals surface area contributed by atoms with Crippen molar-refractivity contribution in [2.75, 3.05) is 30.5 Å². The lowest BCUT2D eigenvalue weighted by Crippen LogP contribution is -2.24. The van der Waals surface area contributed by atoms with Crippen LogP contribution in [0.2, 0.25) is 0 Å². The fourth-order valence-corrected chi connectivity index (χ4v) is 3.10. The number of hydrogen-bond acceptors (Lipinski definition) is 6. The second kappa shape index (κ2) is 9.21. The van der Waals surface area contributed by atoms with E-state index in [1.807, 2.05) is 0 Å². The first-order chi connectivity index (χ1) is 14.4. The van der Waals surface area contributed by atoms with Crippen molar-refractivity contribution in [3.63, 3.8) is 0 Å². The Hall–Kier alpha value is -3.68. The summed E-state index contributed by atoms with van der Waals surface area (Å²) in [6.07, 6.45) is 1.35. The molecule has 1 aliphatic heterocycles. The molecule has 1 saturated heterocycles. The molecule has 3 rings (SSSR count). The average Bonchev–Trinajstić information content (AvgIpc) is 3.19. The lowest BCUT2D eigenvalue weighted by molar-refractivity contribution is -0.119. The highest BCUT2D eigenvalue weighted by molar-refractivity contribution is 5.98. The zero-order valence-corrected chi connectivity index (χ0v) is 16.8. The van der Waals surface area contributed by atoms with Gasteiger partial charge in [0.2, 0.25) is 5.91 Å². The Morgan fingerprint density at radius 1 is 1.03 bits per heavy atom. The Balaban J connectivity index is 1.56. The molecule has 2 aromatic carbocycles. The maximum Gasteiger partial charge on any atom is 0.338 e. The number of carbonyl (C=O) groups is 4. The number of carbonyl (C=O) groups excluding carboxylic acids is 4. The van der Waals surface area contributed by atoms with Crippen LogP contribution in [0.15, 0.2) is 42.5 Å². The number of amides is 2. The van der Waals surface area contributed by atoms with E-state index in [2.05, 4.69) is 10.1 Å². The molecule has 1 heterocycles. The van der Waals surface area contributed by atoms with Gasteiger partial charge in [0.25, 0.3) is 5.91 Å². The van der Waals surface area contributed by atoms with Crippen molar-refractivity contribution in [3.05, 3.63) is 59.2 Å². The highest BCUT2D eigenvalue weighted by atomic mass is 16.5. The van der Waals surface area contributed by atoms with Crippen LogP contribution in [0.5, 0.6) is 0 Å². The fraction of sp³-hybridized carbons (Fsp3) is 0.273. The molecular formula is C22H22N2O6. The summed E-state index contributed by atoms with van der Waals surface area (Å²) in [7, 11) is 1.27. The van der Waals surface area contributed by atoms with Crippen molar-refractivity contribution in [3.8, 4) is 0 Å². The molecule has 0 bridgehead atoms. The van der Waals surface area contributed by atoms with Crippen LogP contribution in [0, 0.1) is 6.92 Å². The number of rotatable bonds is 6. The number of ether oxygens (including phenoxy) is 2. The van der Waals surface area contributed by atoms with Crippen LogP contribution in [0.3, 0.4) is 0 Å². The van der Waals surface area contributed by atoms with E-state index in [-0.39, 0.29) is 11.5 Å². The van der Waals surface area contributed by atoms with E-state index in [0.717, 1.165) is 17.7 Å². The van der Waals surface area contributed by atoms with Crippen LogP contribution in [-0.4, -0.2) is 44.0 Å². The first-order valence-electron chi connectivity index (χ1n) is 9.45. The number of hydrogen-bond donors (Lipinski definition) is 1. The van der Waals surface area contributed by atoms with E-state index in [1.165, 1.54) is 13.2 Å². The molecule has 0 spiro atoms. The maximum atomic E-state index is 12.2. The Morgan fingerprint density at radius 3 is 2.37 bits per heavy atom. The van der Waals surface area contributed by atoms with Gasteiger partial charge in [0.15, 0.2) is 6.61 Å². The molecule has 30 heavy (non-hydrogen) atoms. The zero-order chi connectivity index (χ0) is 21.7. The van der Waals surface area contributed by atoms with Crippen LogP contribution in [0.1, 0.15) is 39.1 Å². The van der Waals surface area contributed by atoms with Gasteiger partial charge in [-0.2, -0.15) is 0 Å². The van der Waals surface area contributed by atoms with Gasteiger partial charge in [-0.3, -0.25) is 9.59 Å². The monoisotopic (exact) mass is 410 g/mol. The van der Waals surface area contributed by atoms with Crippen LogP contribution in [0.25, 0.3) is 0 Å². The summed E-state index contributed by atoms with van der Waals surface area (Å²) in [5, 5.41) is 2.62. The van der Waals surface area contributed by atoms with Gasteiger partial charge in [-0.05, 0) is 55.3 Å². The summed E-state index contributed by atoms with van der Waals surface area (Å²) in [6, 6.07) is 11.3. The molecule has 0 saturated carbocycles. The predicted octanol–water partition coefficient (Wildman–Crippen LogP) is 2.70. The smallest absolute Gasteiger partial charge is 0.338 e. The van der Waals surface area contributed by atoms with Gasteiger partial charge in [0.1, 0.15) is 0 Å². The third-order valence-electron chi connectivity index (χ3n) is 4.76. The zero-order valence-electron chi connectivity index (χ0n) is 16.8. The van der Waals surface area contributed by atoms with Crippen LogP contribution in [-0.2, 0) is 19.1 Å². The highest BCUT2D eigenvalue weighted by Gasteiger charge is 2.22. The normalized spacial score (nSPS) is 13.1. The van der Waals surface area contributed by atoms with E-state index in [9.17, 15) is 19.2 Å². The molecule has 1 fully saturated rings. The molecule has 156 valence electrons. The van der Waals surface area contributed by atoms with Gasteiger partial charge in [0, 0.05) is 24.3 Å². The van der Waals surface area contributed by atoms with E-state index in [0.29, 0.717) is 24.2 Å². The summed E-state index contributed by atoms with van der Waals surface area (Å²) in [5.41, 5.74) is 2.48. The van der Waals surface area contributed by atoms with Crippen molar-refractivity contribution >= 4 is 35.1 Å². The molecule has 0 unspecified atom stereocenters. The molecule has 0 aliphatic carbocycles. The SMILES string of the molecule is COC(=O)c1ccc(C)c(NC(=O)COC(=O)c2ccc(N3CCCC3=O)cc2)c1. The minimum Gasteiger partial charge on any atom is -0.465 e. The molecule has 8 nitrogen and oxygen atoms in total. The maximum absolute atomic E-state index is 12.2. The third kappa shape index (κ3) is 4.83. The van der Waals surface area contributed by atoms with Crippen LogP contribution < -0.4 is 10.2 Å². The molecular weight excluding hydrogens is 388 g/mol. The lowest BCUT2D eigenvalue weighted by atomic mass is 10.1. The number of esters is 2. The summed E-state index contributed by atoms with van der Waals surface area (Å²) in [6.45, 7) is 1.96. The van der Waals surface area contributed by atoms with Crippen molar-refractivity contribution in [2.24, 2.45) is 0 Å². The average molecular weight is 410 g/mol. The Morgan fingerprint density at radius 2 is 1.73 bits per heavy atom. The molecule has 2 amide bonds. The minimum atomic E-state index is -0.649. The van der Waals surface area contributed by atoms with Gasteiger partial charge in [0.05, 0.1) is 18.2 Å². The van der Waals surface area contributed by atoms with E-state index >= 15 is 0 Å². The first-order valence-corrected chi connectivity index (χ1v) is 9.45. The van der Waals surface area contributed by atoms with Crippen LogP contribution >= 0.6 is 0 Å². The number of anilines is 2. The number of nitrogens with zero attached hydrogens (tertiary/aromatic N) is 1. The molecule has 0 atom stereocenters. The van der Waals surface area contributed by atoms with E-state index < -0.39 is 24.5 Å². The van der Waals surface area contributed by atoms with Gasteiger partial charge < -0.3 is 19.7 Å². The second-order valence-electron chi connectivity index (χ2n) is 6.84. The number of nitrogens with one attached hydrogen (secondary N) is 1. The van der Waals surface area contributed by atoms with Crippen molar-refractivity contribution in [2.45, 2.75) is 19.8 Å². The number of methoxy groups -OCH3 is 1. The summed E-state index contributed by atoms with van der Waals surface area (Å²) < 4.78 is 9.73. The minimum absolute atomic E-state index is 0.0635. The Bertz CT molecular complexity index is 984. The van der Waals surface area contributed by atoms with Gasteiger partial charge in [-0.25, -0.2) is 9.59 Å². The molecule has 8 heteroatoms. The summed E-state index contributed by atoms with van der Waals surface area (Å²) in [4.78, 5) is 49.5. The van der Waals surface area contributed by atoms with E-state index in [4.69, 9.17) is 4.74 Å². The van der Waals surface area contributed by atoms with Crippen molar-refractivity contribution in [1.29, 1.82) is 0 Å². The molecule has 1 aliphatic rings. The molecule has 2 aromatic rings. The standard InChI is InChI=1S/C22H22N2O6/c1-14-5-6-16(21(27)29-2)12-18(14)23-19(25)13-30-22(28)15-7-9-17(10-8-15)24-11-3-4-20(24)26/h5-10,12H,3-4,11,13H2,1-2H3,(H,23,25). The van der Waals surface area contributed by atoms with Crippen molar-refractivity contribution in [1.82, 2.24) is 0 Å². The van der Waals surface area contributed by atoms with Crippen LogP contribution in [0.4, 0.5) is 11.4 Å². The molecule has 0 aromatic heterocycles. The quantitative estimate of drug-likeness (QED) is 0.735.